The van der Waals surface area contributed by atoms with Crippen molar-refractivity contribution in [2.75, 3.05) is 6.54 Å². The highest BCUT2D eigenvalue weighted by molar-refractivity contribution is 5.42. The summed E-state index contributed by atoms with van der Waals surface area (Å²) in [6.45, 7) is 4.61. The second-order valence-electron chi connectivity index (χ2n) is 4.53. The van der Waals surface area contributed by atoms with E-state index in [2.05, 4.69) is 25.7 Å². The SMILES string of the molecule is CCC(C#Cc1ccccc1CC(O)CN)CC. The van der Waals surface area contributed by atoms with Crippen LogP contribution in [-0.2, 0) is 6.42 Å². The molecule has 98 valence electrons. The third-order valence-electron chi connectivity index (χ3n) is 3.14. The van der Waals surface area contributed by atoms with Gasteiger partial charge in [0.05, 0.1) is 6.10 Å². The predicted octanol–water partition coefficient (Wildman–Crippen LogP) is 2.34. The fraction of sp³-hybridized carbons (Fsp3) is 0.500. The highest BCUT2D eigenvalue weighted by atomic mass is 16.3. The molecule has 0 aromatic heterocycles. The van der Waals surface area contributed by atoms with Gasteiger partial charge < -0.3 is 10.8 Å². The van der Waals surface area contributed by atoms with E-state index in [1.165, 1.54) is 0 Å². The van der Waals surface area contributed by atoms with E-state index in [-0.39, 0.29) is 6.54 Å². The Morgan fingerprint density at radius 2 is 1.89 bits per heavy atom. The van der Waals surface area contributed by atoms with Crippen LogP contribution in [0.5, 0.6) is 0 Å². The first-order chi connectivity index (χ1) is 8.71. The minimum absolute atomic E-state index is 0.286. The molecular formula is C16H23NO. The molecule has 0 aliphatic rings. The van der Waals surface area contributed by atoms with Gasteiger partial charge in [0.2, 0.25) is 0 Å². The summed E-state index contributed by atoms with van der Waals surface area (Å²) in [5, 5.41) is 9.63. The van der Waals surface area contributed by atoms with Crippen molar-refractivity contribution in [3.8, 4) is 11.8 Å². The Balaban J connectivity index is 2.88. The molecule has 0 fully saturated rings. The molecule has 0 spiro atoms. The van der Waals surface area contributed by atoms with Crippen molar-refractivity contribution in [3.05, 3.63) is 35.4 Å². The quantitative estimate of drug-likeness (QED) is 0.782. The van der Waals surface area contributed by atoms with Crippen LogP contribution >= 0.6 is 0 Å². The van der Waals surface area contributed by atoms with Crippen molar-refractivity contribution in [3.63, 3.8) is 0 Å². The summed E-state index contributed by atoms with van der Waals surface area (Å²) >= 11 is 0. The van der Waals surface area contributed by atoms with Gasteiger partial charge in [-0.05, 0) is 24.5 Å². The predicted molar refractivity (Wildman–Crippen MR) is 76.2 cm³/mol. The summed E-state index contributed by atoms with van der Waals surface area (Å²) in [5.41, 5.74) is 7.54. The molecule has 1 atom stereocenters. The van der Waals surface area contributed by atoms with Gasteiger partial charge in [0.25, 0.3) is 0 Å². The lowest BCUT2D eigenvalue weighted by molar-refractivity contribution is 0.183. The van der Waals surface area contributed by atoms with Crippen LogP contribution in [0.2, 0.25) is 0 Å². The summed E-state index contributed by atoms with van der Waals surface area (Å²) in [6.07, 6.45) is 2.25. The summed E-state index contributed by atoms with van der Waals surface area (Å²) in [7, 11) is 0. The van der Waals surface area contributed by atoms with Gasteiger partial charge in [-0.15, -0.1) is 0 Å². The molecule has 1 aromatic carbocycles. The van der Waals surface area contributed by atoms with E-state index >= 15 is 0 Å². The van der Waals surface area contributed by atoms with E-state index < -0.39 is 6.10 Å². The molecule has 2 heteroatoms. The number of nitrogens with two attached hydrogens (primary N) is 1. The molecule has 1 unspecified atom stereocenters. The maximum absolute atomic E-state index is 9.63. The Hall–Kier alpha value is -1.30. The Kier molecular flexibility index (Phi) is 6.49. The zero-order valence-corrected chi connectivity index (χ0v) is 11.3. The van der Waals surface area contributed by atoms with Crippen LogP contribution in [0, 0.1) is 17.8 Å². The van der Waals surface area contributed by atoms with Crippen LogP contribution in [-0.4, -0.2) is 17.8 Å². The molecule has 0 heterocycles. The van der Waals surface area contributed by atoms with Crippen LogP contribution in [0.15, 0.2) is 24.3 Å². The first-order valence-corrected chi connectivity index (χ1v) is 6.68. The Morgan fingerprint density at radius 1 is 1.22 bits per heavy atom. The fourth-order valence-corrected chi connectivity index (χ4v) is 1.83. The van der Waals surface area contributed by atoms with Gasteiger partial charge in [-0.25, -0.2) is 0 Å². The van der Waals surface area contributed by atoms with Crippen LogP contribution in [0.1, 0.15) is 37.8 Å². The number of rotatable bonds is 5. The van der Waals surface area contributed by atoms with Crippen LogP contribution in [0.4, 0.5) is 0 Å². The number of hydrogen-bond acceptors (Lipinski definition) is 2. The lowest BCUT2D eigenvalue weighted by atomic mass is 9.99. The summed E-state index contributed by atoms with van der Waals surface area (Å²) in [6, 6.07) is 7.97. The lowest BCUT2D eigenvalue weighted by Crippen LogP contribution is -2.22. The van der Waals surface area contributed by atoms with E-state index in [4.69, 9.17) is 5.73 Å². The van der Waals surface area contributed by atoms with Gasteiger partial charge in [-0.3, -0.25) is 0 Å². The summed E-state index contributed by atoms with van der Waals surface area (Å²) in [5.74, 6) is 7.00. The van der Waals surface area contributed by atoms with Gasteiger partial charge in [-0.2, -0.15) is 0 Å². The molecule has 0 radical (unpaired) electrons. The largest absolute Gasteiger partial charge is 0.391 e. The van der Waals surface area contributed by atoms with Crippen molar-refractivity contribution < 1.29 is 5.11 Å². The van der Waals surface area contributed by atoms with Gasteiger partial charge in [0, 0.05) is 24.4 Å². The Bertz CT molecular complexity index is 413. The summed E-state index contributed by atoms with van der Waals surface area (Å²) < 4.78 is 0. The zero-order chi connectivity index (χ0) is 13.4. The molecule has 0 saturated carbocycles. The molecule has 1 rings (SSSR count). The minimum Gasteiger partial charge on any atom is -0.391 e. The molecule has 1 aromatic rings. The normalized spacial score (nSPS) is 12.1. The topological polar surface area (TPSA) is 46.2 Å². The Labute approximate surface area is 110 Å². The number of hydrogen-bond donors (Lipinski definition) is 2. The monoisotopic (exact) mass is 245 g/mol. The van der Waals surface area contributed by atoms with E-state index in [1.54, 1.807) is 0 Å². The van der Waals surface area contributed by atoms with Gasteiger partial charge >= 0.3 is 0 Å². The van der Waals surface area contributed by atoms with E-state index in [0.29, 0.717) is 12.3 Å². The molecule has 3 N–H and O–H groups in total. The van der Waals surface area contributed by atoms with Crippen LogP contribution < -0.4 is 5.73 Å². The molecule has 0 aliphatic carbocycles. The fourth-order valence-electron chi connectivity index (χ4n) is 1.83. The third-order valence-corrected chi connectivity index (χ3v) is 3.14. The molecule has 0 bridgehead atoms. The maximum Gasteiger partial charge on any atom is 0.0703 e. The number of aliphatic hydroxyl groups excluding tert-OH is 1. The van der Waals surface area contributed by atoms with Gasteiger partial charge in [0.15, 0.2) is 0 Å². The van der Waals surface area contributed by atoms with Crippen molar-refractivity contribution in [2.24, 2.45) is 11.7 Å². The average molecular weight is 245 g/mol. The number of benzene rings is 1. The highest BCUT2D eigenvalue weighted by Gasteiger charge is 2.06. The maximum atomic E-state index is 9.63. The molecule has 2 nitrogen and oxygen atoms in total. The molecule has 18 heavy (non-hydrogen) atoms. The molecule has 0 amide bonds. The molecule has 0 aliphatic heterocycles. The Morgan fingerprint density at radius 3 is 2.50 bits per heavy atom. The van der Waals surface area contributed by atoms with Crippen LogP contribution in [0.25, 0.3) is 0 Å². The molecule has 0 saturated heterocycles. The first-order valence-electron chi connectivity index (χ1n) is 6.68. The second kappa shape index (κ2) is 7.92. The lowest BCUT2D eigenvalue weighted by Gasteiger charge is -2.09. The minimum atomic E-state index is -0.485. The third kappa shape index (κ3) is 4.52. The van der Waals surface area contributed by atoms with Crippen molar-refractivity contribution in [1.82, 2.24) is 0 Å². The van der Waals surface area contributed by atoms with Crippen molar-refractivity contribution >= 4 is 0 Å². The zero-order valence-electron chi connectivity index (χ0n) is 11.3. The van der Waals surface area contributed by atoms with E-state index in [9.17, 15) is 5.11 Å². The smallest absolute Gasteiger partial charge is 0.0703 e. The van der Waals surface area contributed by atoms with Gasteiger partial charge in [0.1, 0.15) is 0 Å². The first kappa shape index (κ1) is 14.8. The van der Waals surface area contributed by atoms with Crippen molar-refractivity contribution in [1.29, 1.82) is 0 Å². The second-order valence-corrected chi connectivity index (χ2v) is 4.53. The van der Waals surface area contributed by atoms with E-state index in [1.807, 2.05) is 24.3 Å². The standard InChI is InChI=1S/C16H23NO/c1-3-13(4-2)9-10-14-7-5-6-8-15(14)11-16(18)12-17/h5-8,13,16,18H,3-4,11-12,17H2,1-2H3. The average Bonchev–Trinajstić information content (AvgIpc) is 2.41. The van der Waals surface area contributed by atoms with Crippen molar-refractivity contribution in [2.45, 2.75) is 39.2 Å². The highest BCUT2D eigenvalue weighted by Crippen LogP contribution is 2.11. The summed E-state index contributed by atoms with van der Waals surface area (Å²) in [4.78, 5) is 0. The van der Waals surface area contributed by atoms with E-state index in [0.717, 1.165) is 24.0 Å². The van der Waals surface area contributed by atoms with Gasteiger partial charge in [-0.1, -0.05) is 43.9 Å². The number of aliphatic hydroxyl groups is 1. The molecular weight excluding hydrogens is 222 g/mol. The van der Waals surface area contributed by atoms with Crippen LogP contribution in [0.3, 0.4) is 0 Å².